The van der Waals surface area contributed by atoms with Gasteiger partial charge in [0.1, 0.15) is 0 Å². The van der Waals surface area contributed by atoms with E-state index in [1.165, 1.54) is 16.7 Å². The van der Waals surface area contributed by atoms with Gasteiger partial charge in [-0.15, -0.1) is 0 Å². The van der Waals surface area contributed by atoms with Crippen molar-refractivity contribution in [2.75, 3.05) is 0 Å². The molecule has 1 unspecified atom stereocenters. The summed E-state index contributed by atoms with van der Waals surface area (Å²) in [5.74, 6) is 0.576. The SMILES string of the molecule is NC(c1ccsc1)C1Cc2ccccc2C1. The molecule has 0 bridgehead atoms. The molecule has 1 atom stereocenters. The molecular formula is C14H15NS. The minimum absolute atomic E-state index is 0.193. The zero-order chi connectivity index (χ0) is 11.0. The zero-order valence-corrected chi connectivity index (χ0v) is 9.91. The van der Waals surface area contributed by atoms with Gasteiger partial charge in [0.2, 0.25) is 0 Å². The van der Waals surface area contributed by atoms with Crippen LogP contribution in [-0.2, 0) is 12.8 Å². The first-order chi connectivity index (χ1) is 7.84. The average Bonchev–Trinajstić information content (AvgIpc) is 2.97. The second kappa shape index (κ2) is 4.04. The zero-order valence-electron chi connectivity index (χ0n) is 9.10. The molecular weight excluding hydrogens is 214 g/mol. The van der Waals surface area contributed by atoms with Crippen molar-refractivity contribution in [3.8, 4) is 0 Å². The van der Waals surface area contributed by atoms with Crippen molar-refractivity contribution < 1.29 is 0 Å². The summed E-state index contributed by atoms with van der Waals surface area (Å²) in [6, 6.07) is 11.1. The molecule has 1 aliphatic rings. The Kier molecular flexibility index (Phi) is 2.54. The summed E-state index contributed by atoms with van der Waals surface area (Å²) in [7, 11) is 0. The molecule has 2 heteroatoms. The number of benzene rings is 1. The van der Waals surface area contributed by atoms with Crippen molar-refractivity contribution in [3.63, 3.8) is 0 Å². The van der Waals surface area contributed by atoms with Crippen molar-refractivity contribution in [1.29, 1.82) is 0 Å². The molecule has 2 aromatic rings. The Morgan fingerprint density at radius 2 is 1.81 bits per heavy atom. The van der Waals surface area contributed by atoms with Gasteiger partial charge in [-0.2, -0.15) is 11.3 Å². The van der Waals surface area contributed by atoms with E-state index in [1.807, 2.05) is 0 Å². The standard InChI is InChI=1S/C14H15NS/c15-14(12-5-6-16-9-12)13-7-10-3-1-2-4-11(10)8-13/h1-6,9,13-14H,7-8,15H2. The van der Waals surface area contributed by atoms with Crippen LogP contribution in [0.3, 0.4) is 0 Å². The molecule has 1 aromatic heterocycles. The molecule has 0 amide bonds. The Bertz CT molecular complexity index is 450. The summed E-state index contributed by atoms with van der Waals surface area (Å²) in [6.07, 6.45) is 2.26. The molecule has 0 fully saturated rings. The second-order valence-corrected chi connectivity index (χ2v) is 5.30. The molecule has 82 valence electrons. The van der Waals surface area contributed by atoms with Crippen LogP contribution in [-0.4, -0.2) is 0 Å². The average molecular weight is 229 g/mol. The fraction of sp³-hybridized carbons (Fsp3) is 0.286. The summed E-state index contributed by atoms with van der Waals surface area (Å²) < 4.78 is 0. The number of rotatable bonds is 2. The maximum absolute atomic E-state index is 6.33. The molecule has 3 rings (SSSR count). The van der Waals surface area contributed by atoms with E-state index in [0.29, 0.717) is 5.92 Å². The molecule has 2 N–H and O–H groups in total. The van der Waals surface area contributed by atoms with Crippen molar-refractivity contribution in [3.05, 3.63) is 57.8 Å². The van der Waals surface area contributed by atoms with Crippen LogP contribution in [0.15, 0.2) is 41.1 Å². The summed E-state index contributed by atoms with van der Waals surface area (Å²) in [5.41, 5.74) is 10.6. The minimum atomic E-state index is 0.193. The van der Waals surface area contributed by atoms with Crippen LogP contribution in [0.1, 0.15) is 22.7 Å². The maximum Gasteiger partial charge on any atom is 0.0338 e. The van der Waals surface area contributed by atoms with Crippen LogP contribution in [0.25, 0.3) is 0 Å². The third kappa shape index (κ3) is 1.68. The monoisotopic (exact) mass is 229 g/mol. The van der Waals surface area contributed by atoms with Crippen molar-refractivity contribution in [1.82, 2.24) is 0 Å². The molecule has 1 nitrogen and oxygen atoms in total. The fourth-order valence-corrected chi connectivity index (χ4v) is 3.29. The van der Waals surface area contributed by atoms with E-state index in [2.05, 4.69) is 41.1 Å². The summed E-state index contributed by atoms with van der Waals surface area (Å²) >= 11 is 1.73. The van der Waals surface area contributed by atoms with Gasteiger partial charge in [0.15, 0.2) is 0 Å². The molecule has 1 heterocycles. The van der Waals surface area contributed by atoms with Gasteiger partial charge in [0.05, 0.1) is 0 Å². The van der Waals surface area contributed by atoms with Gasteiger partial charge in [-0.05, 0) is 52.3 Å². The van der Waals surface area contributed by atoms with E-state index in [0.717, 1.165) is 12.8 Å². The highest BCUT2D eigenvalue weighted by Crippen LogP contribution is 2.34. The molecule has 0 radical (unpaired) electrons. The lowest BCUT2D eigenvalue weighted by Gasteiger charge is -2.17. The van der Waals surface area contributed by atoms with E-state index >= 15 is 0 Å². The second-order valence-electron chi connectivity index (χ2n) is 4.52. The minimum Gasteiger partial charge on any atom is -0.324 e. The van der Waals surface area contributed by atoms with Crippen LogP contribution >= 0.6 is 11.3 Å². The van der Waals surface area contributed by atoms with Crippen LogP contribution in [0.5, 0.6) is 0 Å². The molecule has 0 saturated carbocycles. The van der Waals surface area contributed by atoms with Crippen LogP contribution < -0.4 is 5.73 Å². The largest absolute Gasteiger partial charge is 0.324 e. The van der Waals surface area contributed by atoms with E-state index in [-0.39, 0.29) is 6.04 Å². The third-order valence-electron chi connectivity index (χ3n) is 3.52. The lowest BCUT2D eigenvalue weighted by molar-refractivity contribution is 0.454. The van der Waals surface area contributed by atoms with Crippen LogP contribution in [0.2, 0.25) is 0 Å². The Morgan fingerprint density at radius 1 is 1.12 bits per heavy atom. The normalized spacial score (nSPS) is 17.3. The number of thiophene rings is 1. The smallest absolute Gasteiger partial charge is 0.0338 e. The first-order valence-corrected chi connectivity index (χ1v) is 6.63. The highest BCUT2D eigenvalue weighted by molar-refractivity contribution is 7.07. The third-order valence-corrected chi connectivity index (χ3v) is 4.22. The first-order valence-electron chi connectivity index (χ1n) is 5.69. The number of hydrogen-bond acceptors (Lipinski definition) is 2. The molecule has 16 heavy (non-hydrogen) atoms. The Morgan fingerprint density at radius 3 is 2.38 bits per heavy atom. The van der Waals surface area contributed by atoms with E-state index < -0.39 is 0 Å². The fourth-order valence-electron chi connectivity index (χ4n) is 2.58. The summed E-state index contributed by atoms with van der Waals surface area (Å²) in [4.78, 5) is 0. The van der Waals surface area contributed by atoms with E-state index in [4.69, 9.17) is 5.73 Å². The predicted octanol–water partition coefficient (Wildman–Crippen LogP) is 3.16. The van der Waals surface area contributed by atoms with E-state index in [9.17, 15) is 0 Å². The maximum atomic E-state index is 6.33. The molecule has 0 saturated heterocycles. The lowest BCUT2D eigenvalue weighted by Crippen LogP contribution is -2.21. The predicted molar refractivity (Wildman–Crippen MR) is 68.6 cm³/mol. The number of hydrogen-bond donors (Lipinski definition) is 1. The highest BCUT2D eigenvalue weighted by atomic mass is 32.1. The van der Waals surface area contributed by atoms with Gasteiger partial charge in [-0.3, -0.25) is 0 Å². The number of fused-ring (bicyclic) bond motifs is 1. The Hall–Kier alpha value is -1.12. The first kappa shape index (κ1) is 10.1. The van der Waals surface area contributed by atoms with Gasteiger partial charge in [-0.1, -0.05) is 24.3 Å². The van der Waals surface area contributed by atoms with Crippen LogP contribution in [0.4, 0.5) is 0 Å². The van der Waals surface area contributed by atoms with Crippen molar-refractivity contribution >= 4 is 11.3 Å². The number of nitrogens with two attached hydrogens (primary N) is 1. The van der Waals surface area contributed by atoms with Gasteiger partial charge < -0.3 is 5.73 Å². The van der Waals surface area contributed by atoms with E-state index in [1.54, 1.807) is 11.3 Å². The molecule has 1 aliphatic carbocycles. The Labute approximate surface area is 99.9 Å². The van der Waals surface area contributed by atoms with Gasteiger partial charge in [-0.25, -0.2) is 0 Å². The summed E-state index contributed by atoms with van der Waals surface area (Å²) in [5, 5.41) is 4.28. The lowest BCUT2D eigenvalue weighted by atomic mass is 9.93. The van der Waals surface area contributed by atoms with Gasteiger partial charge in [0.25, 0.3) is 0 Å². The molecule has 1 aromatic carbocycles. The quantitative estimate of drug-likeness (QED) is 0.841. The van der Waals surface area contributed by atoms with Gasteiger partial charge in [0, 0.05) is 6.04 Å². The topological polar surface area (TPSA) is 26.0 Å². The summed E-state index contributed by atoms with van der Waals surface area (Å²) in [6.45, 7) is 0. The Balaban J connectivity index is 1.81. The van der Waals surface area contributed by atoms with Crippen molar-refractivity contribution in [2.45, 2.75) is 18.9 Å². The van der Waals surface area contributed by atoms with Crippen molar-refractivity contribution in [2.24, 2.45) is 11.7 Å². The van der Waals surface area contributed by atoms with Crippen LogP contribution in [0, 0.1) is 5.92 Å². The van der Waals surface area contributed by atoms with Gasteiger partial charge >= 0.3 is 0 Å². The molecule has 0 aliphatic heterocycles. The molecule has 0 spiro atoms. The highest BCUT2D eigenvalue weighted by Gasteiger charge is 2.27.